The molecule has 0 spiro atoms. The lowest BCUT2D eigenvalue weighted by Gasteiger charge is -2.35. The Morgan fingerprint density at radius 1 is 0.750 bits per heavy atom. The van der Waals surface area contributed by atoms with Gasteiger partial charge in [0.15, 0.2) is 0 Å². The number of carbonyl (C=O) groups excluding carboxylic acids is 4. The second-order valence-corrected chi connectivity index (χ2v) is 17.6. The van der Waals surface area contributed by atoms with Crippen molar-refractivity contribution in [1.82, 2.24) is 35.7 Å². The number of H-pyrrole nitrogens is 1. The highest BCUT2D eigenvalue weighted by Gasteiger charge is 2.34. The van der Waals surface area contributed by atoms with Gasteiger partial charge in [-0.2, -0.15) is 0 Å². The van der Waals surface area contributed by atoms with Gasteiger partial charge in [0.2, 0.25) is 11.8 Å². The molecule has 0 aliphatic heterocycles. The van der Waals surface area contributed by atoms with Crippen LogP contribution >= 0.6 is 0 Å². The van der Waals surface area contributed by atoms with Crippen LogP contribution in [-0.2, 0) is 38.4 Å². The Labute approximate surface area is 381 Å². The molecule has 0 saturated carbocycles. The van der Waals surface area contributed by atoms with Crippen molar-refractivity contribution in [3.8, 4) is 35.2 Å². The van der Waals surface area contributed by atoms with Gasteiger partial charge in [-0.25, -0.2) is 14.6 Å². The first-order valence-corrected chi connectivity index (χ1v) is 22.3. The summed E-state index contributed by atoms with van der Waals surface area (Å²) in [5.74, 6) is 0.392. The molecule has 64 heavy (non-hydrogen) atoms. The Hall–Kier alpha value is -6.10. The first kappa shape index (κ1) is 52.2. The first-order valence-electron chi connectivity index (χ1n) is 22.3. The molecule has 0 saturated heterocycles. The normalized spacial score (nSPS) is 14.3. The molecule has 4 N–H and O–H groups in total. The van der Waals surface area contributed by atoms with Gasteiger partial charge in [-0.3, -0.25) is 14.6 Å². The molecule has 4 atom stereocenters. The maximum absolute atomic E-state index is 13.9. The predicted molar refractivity (Wildman–Crippen MR) is 256 cm³/mol. The monoisotopic (exact) mass is 881 g/mol. The Balaban J connectivity index is 0.00000537. The number of methoxy groups -OCH3 is 2. The van der Waals surface area contributed by atoms with Crippen LogP contribution in [0.25, 0.3) is 28.1 Å². The van der Waals surface area contributed by atoms with Gasteiger partial charge >= 0.3 is 12.2 Å². The maximum atomic E-state index is 13.9. The molecule has 0 radical (unpaired) electrons. The number of rotatable bonds is 19. The maximum Gasteiger partial charge on any atom is 0.407 e. The van der Waals surface area contributed by atoms with Gasteiger partial charge in [0.1, 0.15) is 17.9 Å². The summed E-state index contributed by atoms with van der Waals surface area (Å²) in [6.07, 6.45) is 15.1. The van der Waals surface area contributed by atoms with Crippen LogP contribution in [0.1, 0.15) is 98.2 Å². The lowest BCUT2D eigenvalue weighted by atomic mass is 9.92. The van der Waals surface area contributed by atoms with E-state index >= 15 is 0 Å². The molecule has 2 aromatic carbocycles. The molecule has 0 bridgehead atoms. The Bertz CT molecular complexity index is 2100. The summed E-state index contributed by atoms with van der Waals surface area (Å²) in [6.45, 7) is 20.5. The standard InChI is InChI=1S/C48H70N8O6.C2H2/c1-28(2)32(9)55(45(57)43(30(5)6)53-47(59)61-12)24-23-50-25-41(49-11)39-22-21-36(37-15-14-16-38(37)39)34-17-19-35(20-18-34)40-26-51-42(52-40)27-56(33(10)29(3)4)46(58)44(31(7)8)54-48(60)62-13;1-2/h17-23,25-26,28-33,43-44,49H,14-16,24,27H2,1-13H3,(H,51,52)(H,53,59)(H,54,60);1-2H/b41-25-,50-23?;/t32-,33?,43?,44?;/m1./s1. The quantitative estimate of drug-likeness (QED) is 0.0692. The van der Waals surface area contributed by atoms with Crippen molar-refractivity contribution in [2.24, 2.45) is 28.7 Å². The second-order valence-electron chi connectivity index (χ2n) is 17.6. The van der Waals surface area contributed by atoms with Gasteiger partial charge in [-0.1, -0.05) is 91.8 Å². The van der Waals surface area contributed by atoms with E-state index in [2.05, 4.69) is 108 Å². The summed E-state index contributed by atoms with van der Waals surface area (Å²) >= 11 is 0. The minimum Gasteiger partial charge on any atom is -0.453 e. The highest BCUT2D eigenvalue weighted by atomic mass is 16.5. The largest absolute Gasteiger partial charge is 0.453 e. The third-order valence-electron chi connectivity index (χ3n) is 12.1. The zero-order valence-electron chi connectivity index (χ0n) is 40.2. The molecular formula is C50H72N8O6. The number of imidazole rings is 1. The van der Waals surface area contributed by atoms with Gasteiger partial charge < -0.3 is 40.2 Å². The van der Waals surface area contributed by atoms with Gasteiger partial charge in [-0.05, 0) is 84.6 Å². The highest BCUT2D eigenvalue weighted by Crippen LogP contribution is 2.37. The minimum atomic E-state index is -0.739. The molecule has 1 aromatic heterocycles. The van der Waals surface area contributed by atoms with Crippen LogP contribution in [0.5, 0.6) is 0 Å². The zero-order valence-corrected chi connectivity index (χ0v) is 40.2. The van der Waals surface area contributed by atoms with Gasteiger partial charge in [-0.15, -0.1) is 12.8 Å². The van der Waals surface area contributed by atoms with E-state index < -0.39 is 24.3 Å². The topological polar surface area (TPSA) is 170 Å². The number of aromatic nitrogens is 2. The minimum absolute atomic E-state index is 0.0854. The van der Waals surface area contributed by atoms with E-state index in [1.54, 1.807) is 22.2 Å². The summed E-state index contributed by atoms with van der Waals surface area (Å²) in [7, 11) is 4.47. The van der Waals surface area contributed by atoms with Crippen LogP contribution in [0.3, 0.4) is 0 Å². The summed E-state index contributed by atoms with van der Waals surface area (Å²) in [6, 6.07) is 11.1. The Morgan fingerprint density at radius 3 is 1.78 bits per heavy atom. The molecule has 0 fully saturated rings. The summed E-state index contributed by atoms with van der Waals surface area (Å²) < 4.78 is 9.60. The van der Waals surface area contributed by atoms with Gasteiger partial charge in [0.25, 0.3) is 0 Å². The molecule has 14 heteroatoms. The molecule has 3 unspecified atom stereocenters. The summed E-state index contributed by atoms with van der Waals surface area (Å²) in [5, 5.41) is 8.78. The first-order chi connectivity index (χ1) is 30.4. The number of nitrogens with one attached hydrogen (secondary N) is 4. The Kier molecular flexibility index (Phi) is 20.1. The van der Waals surface area contributed by atoms with Crippen molar-refractivity contribution in [2.45, 2.75) is 119 Å². The molecule has 14 nitrogen and oxygen atoms in total. The number of alkyl carbamates (subject to hydrolysis) is 2. The number of nitrogens with zero attached hydrogens (tertiary/aromatic N) is 4. The zero-order chi connectivity index (χ0) is 47.8. The van der Waals surface area contributed by atoms with E-state index in [4.69, 9.17) is 9.47 Å². The van der Waals surface area contributed by atoms with Crippen molar-refractivity contribution < 1.29 is 28.7 Å². The van der Waals surface area contributed by atoms with Crippen LogP contribution in [0.2, 0.25) is 0 Å². The fourth-order valence-electron chi connectivity index (χ4n) is 7.70. The van der Waals surface area contributed by atoms with E-state index in [1.807, 2.05) is 54.8 Å². The third kappa shape index (κ3) is 13.2. The van der Waals surface area contributed by atoms with Crippen LogP contribution in [-0.4, -0.2) is 102 Å². The molecule has 1 heterocycles. The number of aromatic amines is 1. The van der Waals surface area contributed by atoms with Crippen LogP contribution < -0.4 is 16.0 Å². The number of benzene rings is 2. The molecule has 1 aliphatic rings. The van der Waals surface area contributed by atoms with E-state index in [0.29, 0.717) is 5.82 Å². The average molecular weight is 881 g/mol. The molecule has 1 aliphatic carbocycles. The number of terminal acetylenes is 1. The lowest BCUT2D eigenvalue weighted by molar-refractivity contribution is -0.138. The highest BCUT2D eigenvalue weighted by molar-refractivity contribution is 5.88. The number of carbonyl (C=O) groups is 4. The molecule has 3 aromatic rings. The van der Waals surface area contributed by atoms with Gasteiger partial charge in [0, 0.05) is 30.9 Å². The van der Waals surface area contributed by atoms with E-state index in [0.717, 1.165) is 47.3 Å². The van der Waals surface area contributed by atoms with Crippen molar-refractivity contribution in [3.63, 3.8) is 0 Å². The van der Waals surface area contributed by atoms with Crippen molar-refractivity contribution in [1.29, 1.82) is 0 Å². The number of aliphatic imine (C=N–C) groups is 1. The van der Waals surface area contributed by atoms with Crippen molar-refractivity contribution in [3.05, 3.63) is 71.3 Å². The number of ether oxygens (including phenoxy) is 2. The van der Waals surface area contributed by atoms with Crippen molar-refractivity contribution >= 4 is 35.9 Å². The summed E-state index contributed by atoms with van der Waals surface area (Å²) in [5.41, 5.74) is 8.77. The lowest BCUT2D eigenvalue weighted by Crippen LogP contribution is -2.54. The number of hydrogen-bond donors (Lipinski definition) is 4. The summed E-state index contributed by atoms with van der Waals surface area (Å²) in [4.78, 5) is 68.1. The molecule has 4 rings (SSSR count). The van der Waals surface area contributed by atoms with E-state index in [9.17, 15) is 19.2 Å². The van der Waals surface area contributed by atoms with E-state index in [1.165, 1.54) is 30.9 Å². The average Bonchev–Trinajstić information content (AvgIpc) is 3.98. The van der Waals surface area contributed by atoms with Gasteiger partial charge in [0.05, 0.1) is 51.1 Å². The SMILES string of the molecule is C#C.CN/C(=C\N=CCN(C(=O)C(NC(=O)OC)C(C)C)[C@H](C)C(C)C)c1ccc(-c2ccc(-c3cnc(CN(C(=O)C(NC(=O)OC)C(C)C)C(C)C(C)C)[nH]3)cc2)c2c1CCC2. The van der Waals surface area contributed by atoms with Crippen LogP contribution in [0.15, 0.2) is 53.8 Å². The number of fused-ring (bicyclic) bond motifs is 1. The number of amides is 4. The molecule has 348 valence electrons. The van der Waals surface area contributed by atoms with Crippen LogP contribution in [0.4, 0.5) is 9.59 Å². The smallest absolute Gasteiger partial charge is 0.407 e. The van der Waals surface area contributed by atoms with Crippen molar-refractivity contribution in [2.75, 3.05) is 27.8 Å². The molecular weight excluding hydrogens is 809 g/mol. The predicted octanol–water partition coefficient (Wildman–Crippen LogP) is 8.08. The van der Waals surface area contributed by atoms with Crippen LogP contribution in [0, 0.1) is 36.5 Å². The van der Waals surface area contributed by atoms with E-state index in [-0.39, 0.29) is 60.7 Å². The second kappa shape index (κ2) is 24.7. The fourth-order valence-corrected chi connectivity index (χ4v) is 7.70. The number of hydrogen-bond acceptors (Lipinski definition) is 9. The fraction of sp³-hybridized carbons (Fsp3) is 0.520. The molecule has 4 amide bonds. The Morgan fingerprint density at radius 2 is 1.27 bits per heavy atom. The third-order valence-corrected chi connectivity index (χ3v) is 12.1.